The van der Waals surface area contributed by atoms with Crippen LogP contribution in [0.4, 0.5) is 4.79 Å². The van der Waals surface area contributed by atoms with Crippen molar-refractivity contribution >= 4 is 47.6 Å². The number of piperidine rings is 1. The normalized spacial score (nSPS) is 15.0. The lowest BCUT2D eigenvalue weighted by atomic mass is 10.1. The number of nitrogens with zero attached hydrogens (tertiary/aromatic N) is 2. The highest BCUT2D eigenvalue weighted by Crippen LogP contribution is 2.22. The Balaban J connectivity index is 0.00000364. The average Bonchev–Trinajstić information content (AvgIpc) is 2.68. The quantitative estimate of drug-likeness (QED) is 0.362. The second-order valence-electron chi connectivity index (χ2n) is 6.08. The minimum atomic E-state index is -0.262. The van der Waals surface area contributed by atoms with Crippen molar-refractivity contribution in [2.75, 3.05) is 40.9 Å². The predicted octanol–water partition coefficient (Wildman–Crippen LogP) is 2.90. The van der Waals surface area contributed by atoms with Gasteiger partial charge >= 0.3 is 6.09 Å². The van der Waals surface area contributed by atoms with Crippen LogP contribution in [0.3, 0.4) is 0 Å². The first-order valence-electron chi connectivity index (χ1n) is 8.70. The molecule has 1 saturated heterocycles. The topological polar surface area (TPSA) is 75.2 Å². The van der Waals surface area contributed by atoms with E-state index in [1.54, 1.807) is 19.1 Å². The lowest BCUT2D eigenvalue weighted by molar-refractivity contribution is 0.111. The van der Waals surface area contributed by atoms with Gasteiger partial charge < -0.3 is 25.0 Å². The zero-order chi connectivity index (χ0) is 18.9. The lowest BCUT2D eigenvalue weighted by Crippen LogP contribution is -2.50. The number of methoxy groups -OCH3 is 2. The van der Waals surface area contributed by atoms with Crippen LogP contribution in [0, 0.1) is 0 Å². The molecule has 152 valence electrons. The molecule has 1 aromatic carbocycles. The second-order valence-corrected chi connectivity index (χ2v) is 6.49. The molecule has 0 spiro atoms. The van der Waals surface area contributed by atoms with Crippen molar-refractivity contribution in [2.24, 2.45) is 4.99 Å². The van der Waals surface area contributed by atoms with Gasteiger partial charge in [0.15, 0.2) is 5.96 Å². The van der Waals surface area contributed by atoms with Gasteiger partial charge in [0.25, 0.3) is 0 Å². The van der Waals surface area contributed by atoms with Gasteiger partial charge in [-0.1, -0.05) is 17.7 Å². The average molecular weight is 511 g/mol. The van der Waals surface area contributed by atoms with Crippen molar-refractivity contribution in [3.8, 4) is 5.75 Å². The number of amides is 1. The van der Waals surface area contributed by atoms with Crippen LogP contribution in [0.15, 0.2) is 23.2 Å². The number of likely N-dealkylation sites (tertiary alicyclic amines) is 1. The number of rotatable bonds is 5. The first-order chi connectivity index (χ1) is 12.6. The van der Waals surface area contributed by atoms with Gasteiger partial charge in [-0.15, -0.1) is 24.0 Å². The van der Waals surface area contributed by atoms with Crippen molar-refractivity contribution in [1.82, 2.24) is 15.5 Å². The molecule has 27 heavy (non-hydrogen) atoms. The third-order valence-electron chi connectivity index (χ3n) is 4.44. The van der Waals surface area contributed by atoms with Gasteiger partial charge in [0.05, 0.1) is 14.2 Å². The molecule has 2 rings (SSSR count). The number of ether oxygens (including phenoxy) is 2. The van der Waals surface area contributed by atoms with E-state index in [4.69, 9.17) is 21.1 Å². The molecule has 0 bridgehead atoms. The summed E-state index contributed by atoms with van der Waals surface area (Å²) in [5, 5.41) is 7.42. The molecule has 7 nitrogen and oxygen atoms in total. The molecule has 0 radical (unpaired) electrons. The predicted molar refractivity (Wildman–Crippen MR) is 119 cm³/mol. The number of carbonyl (C=O) groups is 1. The Bertz CT molecular complexity index is 637. The molecule has 0 atom stereocenters. The third kappa shape index (κ3) is 7.25. The highest BCUT2D eigenvalue weighted by molar-refractivity contribution is 14.0. The van der Waals surface area contributed by atoms with Crippen LogP contribution < -0.4 is 15.4 Å². The van der Waals surface area contributed by atoms with E-state index >= 15 is 0 Å². The molecule has 0 aromatic heterocycles. The maximum absolute atomic E-state index is 11.5. The smallest absolute Gasteiger partial charge is 0.409 e. The Morgan fingerprint density at radius 2 is 2.04 bits per heavy atom. The number of halogens is 2. The maximum atomic E-state index is 11.5. The summed E-state index contributed by atoms with van der Waals surface area (Å²) in [6.45, 7) is 2.08. The fraction of sp³-hybridized carbons (Fsp3) is 0.556. The van der Waals surface area contributed by atoms with Crippen molar-refractivity contribution in [2.45, 2.75) is 25.3 Å². The molecule has 1 aliphatic rings. The number of benzene rings is 1. The molecule has 9 heteroatoms. The summed E-state index contributed by atoms with van der Waals surface area (Å²) in [4.78, 5) is 17.5. The van der Waals surface area contributed by atoms with E-state index in [0.717, 1.165) is 36.5 Å². The van der Waals surface area contributed by atoms with Crippen molar-refractivity contribution < 1.29 is 14.3 Å². The van der Waals surface area contributed by atoms with Crippen LogP contribution >= 0.6 is 35.6 Å². The molecular weight excluding hydrogens is 483 g/mol. The largest absolute Gasteiger partial charge is 0.497 e. The number of hydrogen-bond donors (Lipinski definition) is 2. The minimum absolute atomic E-state index is 0. The number of carbonyl (C=O) groups excluding carboxylic acids is 1. The maximum Gasteiger partial charge on any atom is 0.409 e. The van der Waals surface area contributed by atoms with E-state index in [9.17, 15) is 4.79 Å². The Kier molecular flexibility index (Phi) is 10.6. The number of hydrogen-bond acceptors (Lipinski definition) is 4. The number of nitrogens with one attached hydrogen (secondary N) is 2. The molecule has 0 unspecified atom stereocenters. The lowest BCUT2D eigenvalue weighted by Gasteiger charge is -2.32. The van der Waals surface area contributed by atoms with Gasteiger partial charge in [-0.2, -0.15) is 0 Å². The fourth-order valence-electron chi connectivity index (χ4n) is 2.90. The molecule has 1 amide bonds. The molecule has 1 aliphatic heterocycles. The van der Waals surface area contributed by atoms with Gasteiger partial charge in [-0.25, -0.2) is 4.79 Å². The highest BCUT2D eigenvalue weighted by Gasteiger charge is 2.23. The third-order valence-corrected chi connectivity index (χ3v) is 4.79. The second kappa shape index (κ2) is 12.1. The zero-order valence-electron chi connectivity index (χ0n) is 16.0. The van der Waals surface area contributed by atoms with Crippen LogP contribution in [-0.2, 0) is 11.2 Å². The van der Waals surface area contributed by atoms with E-state index in [1.807, 2.05) is 18.2 Å². The fourth-order valence-corrected chi connectivity index (χ4v) is 3.16. The summed E-state index contributed by atoms with van der Waals surface area (Å²) >= 11 is 6.27. The van der Waals surface area contributed by atoms with Crippen LogP contribution in [0.5, 0.6) is 5.75 Å². The van der Waals surface area contributed by atoms with E-state index in [-0.39, 0.29) is 36.1 Å². The summed E-state index contributed by atoms with van der Waals surface area (Å²) in [6.07, 6.45) is 2.24. The van der Waals surface area contributed by atoms with E-state index < -0.39 is 0 Å². The first-order valence-corrected chi connectivity index (χ1v) is 9.07. The zero-order valence-corrected chi connectivity index (χ0v) is 19.0. The summed E-state index contributed by atoms with van der Waals surface area (Å²) in [7, 11) is 4.78. The van der Waals surface area contributed by atoms with E-state index in [0.29, 0.717) is 24.7 Å². The summed E-state index contributed by atoms with van der Waals surface area (Å²) < 4.78 is 9.92. The Hall–Kier alpha value is -1.42. The summed E-state index contributed by atoms with van der Waals surface area (Å²) in [5.41, 5.74) is 1.06. The van der Waals surface area contributed by atoms with Gasteiger partial charge in [0, 0.05) is 37.7 Å². The summed E-state index contributed by atoms with van der Waals surface area (Å²) in [6, 6.07) is 5.98. The molecule has 0 aliphatic carbocycles. The molecule has 1 aromatic rings. The standard InChI is InChI=1S/C18H27ClN4O3.HI/c1-20-17(22-14-7-10-23(11-8-14)18(24)26-3)21-9-6-13-4-5-15(25-2)12-16(13)19;/h4-5,12,14H,6-11H2,1-3H3,(H2,20,21,22);1H. The summed E-state index contributed by atoms with van der Waals surface area (Å²) in [5.74, 6) is 1.51. The van der Waals surface area contributed by atoms with Crippen LogP contribution in [-0.4, -0.2) is 63.9 Å². The monoisotopic (exact) mass is 510 g/mol. The van der Waals surface area contributed by atoms with Gasteiger partial charge in [-0.05, 0) is 37.0 Å². The highest BCUT2D eigenvalue weighted by atomic mass is 127. The number of guanidine groups is 1. The van der Waals surface area contributed by atoms with Crippen LogP contribution in [0.1, 0.15) is 18.4 Å². The van der Waals surface area contributed by atoms with Gasteiger partial charge in [-0.3, -0.25) is 4.99 Å². The Morgan fingerprint density at radius 1 is 1.33 bits per heavy atom. The molecule has 0 saturated carbocycles. The van der Waals surface area contributed by atoms with Crippen molar-refractivity contribution in [3.63, 3.8) is 0 Å². The SMILES string of the molecule is CN=C(NCCc1ccc(OC)cc1Cl)NC1CCN(C(=O)OC)CC1.I. The van der Waals surface area contributed by atoms with E-state index in [1.165, 1.54) is 7.11 Å². The van der Waals surface area contributed by atoms with Crippen LogP contribution in [0.25, 0.3) is 0 Å². The van der Waals surface area contributed by atoms with Gasteiger partial charge in [0.2, 0.25) is 0 Å². The van der Waals surface area contributed by atoms with Gasteiger partial charge in [0.1, 0.15) is 5.75 Å². The molecule has 1 fully saturated rings. The Morgan fingerprint density at radius 3 is 2.59 bits per heavy atom. The molecule has 1 heterocycles. The first kappa shape index (κ1) is 23.6. The Labute approximate surface area is 182 Å². The van der Waals surface area contributed by atoms with Crippen molar-refractivity contribution in [3.05, 3.63) is 28.8 Å². The van der Waals surface area contributed by atoms with Crippen LogP contribution in [0.2, 0.25) is 5.02 Å². The molecular formula is C18H28ClIN4O3. The molecule has 2 N–H and O–H groups in total. The number of aliphatic imine (C=N–C) groups is 1. The minimum Gasteiger partial charge on any atom is -0.497 e. The van der Waals surface area contributed by atoms with Crippen molar-refractivity contribution in [1.29, 1.82) is 0 Å². The van der Waals surface area contributed by atoms with E-state index in [2.05, 4.69) is 15.6 Å².